The van der Waals surface area contributed by atoms with E-state index < -0.39 is 17.8 Å². The molecule has 0 aliphatic carbocycles. The van der Waals surface area contributed by atoms with Gasteiger partial charge in [-0.1, -0.05) is 59.6 Å². The summed E-state index contributed by atoms with van der Waals surface area (Å²) in [6.45, 7) is 4.01. The first-order valence-corrected chi connectivity index (χ1v) is 11.9. The predicted molar refractivity (Wildman–Crippen MR) is 143 cm³/mol. The van der Waals surface area contributed by atoms with E-state index in [4.69, 9.17) is 32.7 Å². The number of halogens is 2. The highest BCUT2D eigenvalue weighted by molar-refractivity contribution is 6.42. The molecule has 7 nitrogen and oxygen atoms in total. The molecule has 0 aromatic heterocycles. The zero-order valence-corrected chi connectivity index (χ0v) is 21.3. The minimum absolute atomic E-state index is 0.165. The van der Waals surface area contributed by atoms with Crippen LogP contribution in [-0.4, -0.2) is 25.0 Å². The lowest BCUT2D eigenvalue weighted by molar-refractivity contribution is -0.122. The van der Waals surface area contributed by atoms with Crippen molar-refractivity contribution in [2.45, 2.75) is 13.0 Å². The average molecular weight is 537 g/mol. The Kier molecular flexibility index (Phi) is 7.96. The summed E-state index contributed by atoms with van der Waals surface area (Å²) in [6, 6.07) is 16.2. The molecule has 0 spiro atoms. The number of nitrogens with one attached hydrogen (secondary N) is 1. The molecule has 1 heterocycles. The minimum atomic E-state index is -0.881. The third-order valence-corrected chi connectivity index (χ3v) is 6.26. The minimum Gasteiger partial charge on any atom is -0.493 e. The van der Waals surface area contributed by atoms with E-state index >= 15 is 0 Å². The zero-order valence-electron chi connectivity index (χ0n) is 19.8. The van der Waals surface area contributed by atoms with Gasteiger partial charge in [-0.3, -0.25) is 14.9 Å². The molecular weight excluding hydrogens is 515 g/mol. The second-order valence-electron chi connectivity index (χ2n) is 7.99. The molecule has 37 heavy (non-hydrogen) atoms. The number of rotatable bonds is 8. The highest BCUT2D eigenvalue weighted by Crippen LogP contribution is 2.36. The van der Waals surface area contributed by atoms with Gasteiger partial charge in [-0.15, -0.1) is 6.58 Å². The summed E-state index contributed by atoms with van der Waals surface area (Å²) in [6.07, 6.45) is 3.51. The number of para-hydroxylation sites is 1. The number of methoxy groups -OCH3 is 1. The van der Waals surface area contributed by atoms with Gasteiger partial charge in [0.15, 0.2) is 11.5 Å². The van der Waals surface area contributed by atoms with Crippen molar-refractivity contribution in [2.24, 2.45) is 0 Å². The summed E-state index contributed by atoms with van der Waals surface area (Å²) in [5.74, 6) is -0.746. The molecule has 3 aromatic carbocycles. The number of hydrogen-bond donors (Lipinski definition) is 1. The van der Waals surface area contributed by atoms with Crippen LogP contribution < -0.4 is 19.7 Å². The van der Waals surface area contributed by atoms with E-state index in [1.54, 1.807) is 42.5 Å². The van der Waals surface area contributed by atoms with Crippen LogP contribution in [0.2, 0.25) is 10.0 Å². The van der Waals surface area contributed by atoms with E-state index in [0.29, 0.717) is 28.5 Å². The molecule has 0 saturated carbocycles. The Labute approximate surface area is 223 Å². The topological polar surface area (TPSA) is 84.9 Å². The molecule has 0 unspecified atom stereocenters. The first-order valence-electron chi connectivity index (χ1n) is 11.2. The number of hydrogen-bond acceptors (Lipinski definition) is 5. The molecule has 4 rings (SSSR count). The Balaban J connectivity index is 1.72. The van der Waals surface area contributed by atoms with Crippen LogP contribution in [0.5, 0.6) is 11.5 Å². The van der Waals surface area contributed by atoms with Crippen LogP contribution in [0.25, 0.3) is 6.08 Å². The molecule has 9 heteroatoms. The molecule has 1 saturated heterocycles. The monoisotopic (exact) mass is 536 g/mol. The van der Waals surface area contributed by atoms with Crippen LogP contribution in [0.1, 0.15) is 16.7 Å². The number of barbiturate groups is 1. The van der Waals surface area contributed by atoms with Gasteiger partial charge in [0.05, 0.1) is 17.8 Å². The number of carbonyl (C=O) groups excluding carboxylic acids is 3. The molecule has 0 radical (unpaired) electrons. The van der Waals surface area contributed by atoms with E-state index in [9.17, 15) is 14.4 Å². The third kappa shape index (κ3) is 5.53. The molecule has 1 fully saturated rings. The second-order valence-corrected chi connectivity index (χ2v) is 8.81. The molecule has 1 N–H and O–H groups in total. The van der Waals surface area contributed by atoms with Crippen LogP contribution >= 0.6 is 23.2 Å². The Morgan fingerprint density at radius 3 is 2.35 bits per heavy atom. The number of anilines is 1. The number of ether oxygens (including phenoxy) is 2. The van der Waals surface area contributed by atoms with Crippen molar-refractivity contribution >= 4 is 52.8 Å². The van der Waals surface area contributed by atoms with Crippen LogP contribution in [-0.2, 0) is 22.6 Å². The highest BCUT2D eigenvalue weighted by Gasteiger charge is 2.37. The number of allylic oxidation sites excluding steroid dienone is 1. The molecule has 188 valence electrons. The largest absolute Gasteiger partial charge is 0.493 e. The van der Waals surface area contributed by atoms with Crippen LogP contribution in [0.3, 0.4) is 0 Å². The van der Waals surface area contributed by atoms with E-state index in [2.05, 4.69) is 11.9 Å². The maximum Gasteiger partial charge on any atom is 0.335 e. The van der Waals surface area contributed by atoms with E-state index in [1.165, 1.54) is 19.3 Å². The summed E-state index contributed by atoms with van der Waals surface area (Å²) in [4.78, 5) is 39.2. The fourth-order valence-electron chi connectivity index (χ4n) is 3.83. The van der Waals surface area contributed by atoms with Crippen molar-refractivity contribution in [1.82, 2.24) is 5.32 Å². The van der Waals surface area contributed by atoms with Gasteiger partial charge in [0.25, 0.3) is 11.8 Å². The van der Waals surface area contributed by atoms with Gasteiger partial charge < -0.3 is 9.47 Å². The third-order valence-electron chi connectivity index (χ3n) is 5.57. The summed E-state index contributed by atoms with van der Waals surface area (Å²) in [5.41, 5.74) is 1.94. The number of nitrogens with zero attached hydrogens (tertiary/aromatic N) is 1. The van der Waals surface area contributed by atoms with Gasteiger partial charge >= 0.3 is 6.03 Å². The van der Waals surface area contributed by atoms with Gasteiger partial charge in [-0.05, 0) is 48.4 Å². The lowest BCUT2D eigenvalue weighted by Crippen LogP contribution is -2.54. The van der Waals surface area contributed by atoms with E-state index in [-0.39, 0.29) is 22.9 Å². The van der Waals surface area contributed by atoms with Crippen molar-refractivity contribution in [3.05, 3.63) is 106 Å². The van der Waals surface area contributed by atoms with E-state index in [0.717, 1.165) is 16.0 Å². The molecule has 0 bridgehead atoms. The number of benzene rings is 3. The van der Waals surface area contributed by atoms with Gasteiger partial charge in [0.1, 0.15) is 12.2 Å². The lowest BCUT2D eigenvalue weighted by atomic mass is 10.0. The van der Waals surface area contributed by atoms with Crippen molar-refractivity contribution in [3.8, 4) is 11.5 Å². The first kappa shape index (κ1) is 26.0. The number of amides is 4. The highest BCUT2D eigenvalue weighted by atomic mass is 35.5. The fourth-order valence-corrected chi connectivity index (χ4v) is 4.24. The van der Waals surface area contributed by atoms with Crippen molar-refractivity contribution in [3.63, 3.8) is 0 Å². The lowest BCUT2D eigenvalue weighted by Gasteiger charge is -2.27. The fraction of sp³-hybridized carbons (Fsp3) is 0.107. The smallest absolute Gasteiger partial charge is 0.335 e. The Hall–Kier alpha value is -4.07. The summed E-state index contributed by atoms with van der Waals surface area (Å²) in [7, 11) is 1.49. The van der Waals surface area contributed by atoms with Crippen LogP contribution in [0.15, 0.2) is 78.9 Å². The van der Waals surface area contributed by atoms with Crippen molar-refractivity contribution in [1.29, 1.82) is 0 Å². The summed E-state index contributed by atoms with van der Waals surface area (Å²) < 4.78 is 11.6. The number of carbonyl (C=O) groups is 3. The van der Waals surface area contributed by atoms with Gasteiger partial charge in [0.2, 0.25) is 0 Å². The summed E-state index contributed by atoms with van der Waals surface area (Å²) in [5, 5.41) is 2.96. The zero-order chi connectivity index (χ0) is 26.5. The first-order chi connectivity index (χ1) is 17.8. The molecule has 0 atom stereocenters. The molecular formula is C28H22Cl2N2O5. The predicted octanol–water partition coefficient (Wildman–Crippen LogP) is 5.98. The van der Waals surface area contributed by atoms with Crippen LogP contribution in [0, 0.1) is 0 Å². The quantitative estimate of drug-likeness (QED) is 0.217. The van der Waals surface area contributed by atoms with Gasteiger partial charge in [0, 0.05) is 16.1 Å². The van der Waals surface area contributed by atoms with Crippen LogP contribution in [0.4, 0.5) is 10.5 Å². The normalized spacial score (nSPS) is 14.5. The Morgan fingerprint density at radius 1 is 0.973 bits per heavy atom. The van der Waals surface area contributed by atoms with Crippen molar-refractivity contribution < 1.29 is 23.9 Å². The molecule has 1 aliphatic heterocycles. The summed E-state index contributed by atoms with van der Waals surface area (Å²) >= 11 is 12.5. The Bertz CT molecular complexity index is 1430. The molecule has 3 aromatic rings. The standard InChI is InChI=1S/C28H22Cl2N2O5/c1-3-8-18-13-17(15-24(36-2)25(18)37-16-19-9-4-5-10-21(19)29)14-20-26(33)31-28(35)32(27(20)34)23-12-7-6-11-22(23)30/h3-7,9-15H,1,8,16H2,2H3,(H,31,33,35)/b20-14+. The van der Waals surface area contributed by atoms with Gasteiger partial charge in [-0.2, -0.15) is 0 Å². The maximum atomic E-state index is 13.3. The second kappa shape index (κ2) is 11.3. The maximum absolute atomic E-state index is 13.3. The number of imide groups is 2. The SMILES string of the molecule is C=CCc1cc(/C=C2\C(=O)NC(=O)N(c3ccccc3Cl)C2=O)cc(OC)c1OCc1ccccc1Cl. The van der Waals surface area contributed by atoms with E-state index in [1.807, 2.05) is 18.2 Å². The number of urea groups is 1. The molecule has 4 amide bonds. The van der Waals surface area contributed by atoms with Crippen molar-refractivity contribution in [2.75, 3.05) is 12.0 Å². The average Bonchev–Trinajstić information content (AvgIpc) is 2.87. The molecule has 1 aliphatic rings. The van der Waals surface area contributed by atoms with Gasteiger partial charge in [-0.25, -0.2) is 9.69 Å². The Morgan fingerprint density at radius 2 is 1.68 bits per heavy atom.